The molecule has 1 aromatic rings. The van der Waals surface area contributed by atoms with Crippen molar-refractivity contribution in [3.05, 3.63) is 27.9 Å². The molecule has 1 aromatic heterocycles. The molecule has 2 N–H and O–H groups in total. The van der Waals surface area contributed by atoms with Crippen LogP contribution in [-0.2, 0) is 6.54 Å². The van der Waals surface area contributed by atoms with Crippen molar-refractivity contribution in [1.82, 2.24) is 14.8 Å². The van der Waals surface area contributed by atoms with Gasteiger partial charge in [0, 0.05) is 6.54 Å². The molecule has 0 saturated heterocycles. The van der Waals surface area contributed by atoms with Crippen molar-refractivity contribution in [1.29, 1.82) is 0 Å². The maximum atomic E-state index is 10.8. The Kier molecular flexibility index (Phi) is 1.86. The van der Waals surface area contributed by atoms with Crippen LogP contribution in [0, 0.1) is 4.77 Å². The summed E-state index contributed by atoms with van der Waals surface area (Å²) in [7, 11) is 0. The maximum Gasteiger partial charge on any atom is 0.342 e. The van der Waals surface area contributed by atoms with E-state index in [9.17, 15) is 4.79 Å². The Morgan fingerprint density at radius 3 is 2.80 bits per heavy atom. The van der Waals surface area contributed by atoms with Crippen molar-refractivity contribution in [3.8, 4) is 0 Å². The number of rotatable bonds is 2. The Morgan fingerprint density at radius 1 is 1.70 bits per heavy atom. The molecular formula is C5H7N3OS. The average Bonchev–Trinajstić information content (AvgIpc) is 2.20. The van der Waals surface area contributed by atoms with Crippen molar-refractivity contribution in [2.75, 3.05) is 0 Å². The predicted molar refractivity (Wildman–Crippen MR) is 40.4 cm³/mol. The summed E-state index contributed by atoms with van der Waals surface area (Å²) in [5, 5.41) is 4.87. The molecule has 0 fully saturated rings. The molecule has 0 aliphatic carbocycles. The molecule has 0 aromatic carbocycles. The van der Waals surface area contributed by atoms with Gasteiger partial charge in [0.2, 0.25) is 0 Å². The zero-order valence-corrected chi connectivity index (χ0v) is 6.07. The van der Waals surface area contributed by atoms with E-state index in [2.05, 4.69) is 16.8 Å². The van der Waals surface area contributed by atoms with Gasteiger partial charge in [0.05, 0.1) is 0 Å². The topological polar surface area (TPSA) is 53.6 Å². The first-order valence-corrected chi connectivity index (χ1v) is 3.15. The lowest BCUT2D eigenvalue weighted by atomic mass is 10.6. The van der Waals surface area contributed by atoms with Gasteiger partial charge >= 0.3 is 5.69 Å². The molecule has 1 rings (SSSR count). The summed E-state index contributed by atoms with van der Waals surface area (Å²) >= 11 is 4.77. The highest BCUT2D eigenvalue weighted by Gasteiger charge is 1.93. The van der Waals surface area contributed by atoms with E-state index in [1.54, 1.807) is 6.08 Å². The number of allylic oxidation sites excluding steroid dienone is 1. The average molecular weight is 157 g/mol. The van der Waals surface area contributed by atoms with Crippen LogP contribution in [0.5, 0.6) is 0 Å². The van der Waals surface area contributed by atoms with Gasteiger partial charge in [0.15, 0.2) is 4.77 Å². The first kappa shape index (κ1) is 7.01. The maximum absolute atomic E-state index is 10.8. The Hall–Kier alpha value is -1.10. The molecule has 0 bridgehead atoms. The number of aromatic amines is 2. The van der Waals surface area contributed by atoms with E-state index in [4.69, 9.17) is 12.2 Å². The fourth-order valence-corrected chi connectivity index (χ4v) is 0.838. The molecule has 54 valence electrons. The first-order chi connectivity index (χ1) is 4.75. The molecule has 0 atom stereocenters. The molecule has 4 nitrogen and oxygen atoms in total. The van der Waals surface area contributed by atoms with Gasteiger partial charge in [-0.25, -0.2) is 9.89 Å². The summed E-state index contributed by atoms with van der Waals surface area (Å²) in [6.07, 6.45) is 1.61. The number of nitrogens with one attached hydrogen (secondary N) is 2. The van der Waals surface area contributed by atoms with Gasteiger partial charge in [0.25, 0.3) is 0 Å². The number of aromatic nitrogens is 3. The third-order valence-electron chi connectivity index (χ3n) is 1.08. The Balaban J connectivity index is 3.23. The summed E-state index contributed by atoms with van der Waals surface area (Å²) in [6, 6.07) is 0. The van der Waals surface area contributed by atoms with Gasteiger partial charge in [-0.15, -0.1) is 6.58 Å². The molecule has 0 saturated carbocycles. The Bertz CT molecular complexity index is 304. The Morgan fingerprint density at radius 2 is 2.40 bits per heavy atom. The third-order valence-corrected chi connectivity index (χ3v) is 1.40. The van der Waals surface area contributed by atoms with Crippen molar-refractivity contribution < 1.29 is 0 Å². The smallest absolute Gasteiger partial charge is 0.272 e. The summed E-state index contributed by atoms with van der Waals surface area (Å²) in [5.74, 6) is 0. The van der Waals surface area contributed by atoms with Crippen molar-refractivity contribution in [2.45, 2.75) is 6.54 Å². The van der Waals surface area contributed by atoms with Crippen LogP contribution in [0.25, 0.3) is 0 Å². The van der Waals surface area contributed by atoms with Gasteiger partial charge in [-0.1, -0.05) is 6.08 Å². The minimum Gasteiger partial charge on any atom is -0.272 e. The fraction of sp³-hybridized carbons (Fsp3) is 0.200. The second-order valence-corrected chi connectivity index (χ2v) is 2.15. The zero-order valence-electron chi connectivity index (χ0n) is 5.26. The highest BCUT2D eigenvalue weighted by Crippen LogP contribution is 1.80. The van der Waals surface area contributed by atoms with Crippen LogP contribution >= 0.6 is 12.2 Å². The van der Waals surface area contributed by atoms with Crippen LogP contribution in [0.2, 0.25) is 0 Å². The van der Waals surface area contributed by atoms with Crippen LogP contribution < -0.4 is 5.69 Å². The highest BCUT2D eigenvalue weighted by atomic mass is 32.1. The van der Waals surface area contributed by atoms with Crippen LogP contribution in [0.15, 0.2) is 17.4 Å². The largest absolute Gasteiger partial charge is 0.342 e. The van der Waals surface area contributed by atoms with Gasteiger partial charge in [-0.05, 0) is 12.2 Å². The molecule has 0 radical (unpaired) electrons. The van der Waals surface area contributed by atoms with Gasteiger partial charge in [-0.2, -0.15) is 0 Å². The second kappa shape index (κ2) is 2.66. The van der Waals surface area contributed by atoms with Gasteiger partial charge in [-0.3, -0.25) is 9.67 Å². The number of nitrogens with zero attached hydrogens (tertiary/aromatic N) is 1. The fourth-order valence-electron chi connectivity index (χ4n) is 0.629. The van der Waals surface area contributed by atoms with Gasteiger partial charge in [0.1, 0.15) is 0 Å². The molecule has 10 heavy (non-hydrogen) atoms. The zero-order chi connectivity index (χ0) is 7.56. The van der Waals surface area contributed by atoms with E-state index < -0.39 is 0 Å². The van der Waals surface area contributed by atoms with Crippen LogP contribution in [0.1, 0.15) is 0 Å². The van der Waals surface area contributed by atoms with E-state index in [0.717, 1.165) is 0 Å². The van der Waals surface area contributed by atoms with Crippen LogP contribution in [0.4, 0.5) is 0 Å². The minimum atomic E-state index is -0.232. The lowest BCUT2D eigenvalue weighted by Gasteiger charge is -1.88. The van der Waals surface area contributed by atoms with Crippen molar-refractivity contribution in [3.63, 3.8) is 0 Å². The summed E-state index contributed by atoms with van der Waals surface area (Å²) in [6.45, 7) is 3.93. The summed E-state index contributed by atoms with van der Waals surface area (Å²) < 4.78 is 1.77. The van der Waals surface area contributed by atoms with E-state index in [1.807, 2.05) is 0 Å². The predicted octanol–water partition coefficient (Wildman–Crippen LogP) is 0.420. The molecule has 0 unspecified atom stereocenters. The van der Waals surface area contributed by atoms with Crippen LogP contribution in [-0.4, -0.2) is 14.8 Å². The molecule has 0 aliphatic rings. The quantitative estimate of drug-likeness (QED) is 0.483. The van der Waals surface area contributed by atoms with Gasteiger partial charge < -0.3 is 0 Å². The number of H-pyrrole nitrogens is 2. The van der Waals surface area contributed by atoms with E-state index in [1.165, 1.54) is 4.57 Å². The minimum absolute atomic E-state index is 0.232. The summed E-state index contributed by atoms with van der Waals surface area (Å²) in [5.41, 5.74) is -0.232. The van der Waals surface area contributed by atoms with E-state index >= 15 is 0 Å². The molecule has 0 aliphatic heterocycles. The standard InChI is InChI=1S/C5H7N3OS/c1-2-3-8-4(9)6-7-5(8)10/h2H,1,3H2,(H,6,9)(H,7,10). The van der Waals surface area contributed by atoms with Crippen LogP contribution in [0.3, 0.4) is 0 Å². The monoisotopic (exact) mass is 157 g/mol. The number of hydrogen-bond donors (Lipinski definition) is 2. The Labute approximate surface area is 62.2 Å². The second-order valence-electron chi connectivity index (χ2n) is 1.76. The molecule has 1 heterocycles. The third kappa shape index (κ3) is 1.08. The highest BCUT2D eigenvalue weighted by molar-refractivity contribution is 7.71. The normalized spacial score (nSPS) is 9.60. The summed E-state index contributed by atoms with van der Waals surface area (Å²) in [4.78, 5) is 10.8. The first-order valence-electron chi connectivity index (χ1n) is 2.74. The van der Waals surface area contributed by atoms with Crippen molar-refractivity contribution >= 4 is 12.2 Å². The SMILES string of the molecule is C=CCn1c(=O)[nH][nH]c1=S. The molecule has 0 amide bonds. The molecular weight excluding hydrogens is 150 g/mol. The number of hydrogen-bond acceptors (Lipinski definition) is 2. The van der Waals surface area contributed by atoms with Crippen molar-refractivity contribution in [2.24, 2.45) is 0 Å². The lowest BCUT2D eigenvalue weighted by molar-refractivity contribution is 0.771. The lowest BCUT2D eigenvalue weighted by Crippen LogP contribution is -2.15. The molecule has 5 heteroatoms. The molecule has 0 spiro atoms. The van der Waals surface area contributed by atoms with E-state index in [-0.39, 0.29) is 5.69 Å². The van der Waals surface area contributed by atoms with E-state index in [0.29, 0.717) is 11.3 Å².